The largest absolute Gasteiger partial charge is 0.129 e. The van der Waals surface area contributed by atoms with Crippen LogP contribution in [-0.4, -0.2) is 0 Å². The Morgan fingerprint density at radius 1 is 0.545 bits per heavy atom. The minimum atomic E-state index is 1.33. The lowest BCUT2D eigenvalue weighted by atomic mass is 10.1. The Morgan fingerprint density at radius 2 is 1.05 bits per heavy atom. The van der Waals surface area contributed by atoms with E-state index < -0.39 is 0 Å². The van der Waals surface area contributed by atoms with Gasteiger partial charge in [0.2, 0.25) is 0 Å². The normalized spacial score (nSPS) is 11.2. The smallest absolute Gasteiger partial charge is 0.0660 e. The maximum atomic E-state index is 2.39. The molecule has 2 aromatic heterocycles. The van der Waals surface area contributed by atoms with E-state index in [2.05, 4.69) is 106 Å². The molecule has 0 saturated carbocycles. The van der Waals surface area contributed by atoms with Crippen LogP contribution in [-0.2, 0) is 0 Å². The number of hydrogen-bond donors (Lipinski definition) is 0. The van der Waals surface area contributed by atoms with Crippen molar-refractivity contribution in [1.29, 1.82) is 0 Å². The Bertz CT molecular complexity index is 848. The first-order valence-corrected chi connectivity index (χ1v) is 10.5. The van der Waals surface area contributed by atoms with Crippen molar-refractivity contribution in [3.8, 4) is 32.0 Å². The van der Waals surface area contributed by atoms with Gasteiger partial charge in [0.05, 0.1) is 5.77 Å². The second kappa shape index (κ2) is 6.22. The fourth-order valence-electron chi connectivity index (χ4n) is 2.64. The van der Waals surface area contributed by atoms with E-state index in [1.54, 1.807) is 0 Å². The van der Waals surface area contributed by atoms with Crippen molar-refractivity contribution < 1.29 is 0 Å². The Balaban J connectivity index is 1.99. The number of hydrogen-bond acceptors (Lipinski definition) is 2. The molecule has 0 radical (unpaired) electrons. The predicted octanol–water partition coefficient (Wildman–Crippen LogP) is 7.46. The summed E-state index contributed by atoms with van der Waals surface area (Å²) < 4.78 is 2.66. The number of rotatable bonds is 2. The lowest BCUT2D eigenvalue weighted by Gasteiger charge is -1.99. The first kappa shape index (κ1) is 15.1. The standard InChI is InChI=1S/C18H10I2S2/c19-17-8-6-15(21-17)13-10-14(16-7-9-18(20)22-16)12-5-3-1-2-4-11(12)13/h1-10H. The van der Waals surface area contributed by atoms with Crippen LogP contribution in [0, 0.1) is 5.77 Å². The highest BCUT2D eigenvalue weighted by atomic mass is 127. The van der Waals surface area contributed by atoms with Gasteiger partial charge in [-0.15, -0.1) is 22.7 Å². The van der Waals surface area contributed by atoms with Crippen molar-refractivity contribution in [2.75, 3.05) is 0 Å². The molecule has 4 rings (SSSR count). The maximum absolute atomic E-state index is 2.39. The molecule has 22 heavy (non-hydrogen) atoms. The van der Waals surface area contributed by atoms with E-state index in [1.165, 1.54) is 37.8 Å². The van der Waals surface area contributed by atoms with Crippen LogP contribution in [0.3, 0.4) is 0 Å². The van der Waals surface area contributed by atoms with E-state index in [0.717, 1.165) is 0 Å². The van der Waals surface area contributed by atoms with Crippen molar-refractivity contribution in [3.05, 3.63) is 66.4 Å². The molecule has 0 saturated heterocycles. The summed E-state index contributed by atoms with van der Waals surface area (Å²) in [6.07, 6.45) is 0. The van der Waals surface area contributed by atoms with Crippen LogP contribution in [0.2, 0.25) is 0 Å². The molecular formula is C18H10I2S2. The van der Waals surface area contributed by atoms with Crippen molar-refractivity contribution in [2.45, 2.75) is 0 Å². The van der Waals surface area contributed by atoms with E-state index in [1.807, 2.05) is 22.7 Å². The van der Waals surface area contributed by atoms with Crippen molar-refractivity contribution >= 4 is 67.9 Å². The molecule has 2 heterocycles. The summed E-state index contributed by atoms with van der Waals surface area (Å²) in [5.74, 6) is 0. The minimum Gasteiger partial charge on any atom is -0.129 e. The third-order valence-corrected chi connectivity index (χ3v) is 7.44. The molecule has 0 bridgehead atoms. The van der Waals surface area contributed by atoms with Gasteiger partial charge in [-0.3, -0.25) is 0 Å². The summed E-state index contributed by atoms with van der Waals surface area (Å²) in [7, 11) is 0. The fourth-order valence-corrected chi connectivity index (χ4v) is 5.95. The highest BCUT2D eigenvalue weighted by molar-refractivity contribution is 14.1. The topological polar surface area (TPSA) is 0 Å². The summed E-state index contributed by atoms with van der Waals surface area (Å²) in [6, 6.07) is 22.0. The van der Waals surface area contributed by atoms with Gasteiger partial charge >= 0.3 is 0 Å². The predicted molar refractivity (Wildman–Crippen MR) is 115 cm³/mol. The second-order valence-corrected chi connectivity index (χ2v) is 10.9. The van der Waals surface area contributed by atoms with Gasteiger partial charge in [-0.25, -0.2) is 0 Å². The lowest BCUT2D eigenvalue weighted by molar-refractivity contribution is 1.81. The van der Waals surface area contributed by atoms with Crippen LogP contribution in [0.25, 0.3) is 32.0 Å². The van der Waals surface area contributed by atoms with Gasteiger partial charge in [-0.1, -0.05) is 30.3 Å². The molecule has 0 fully saturated rings. The molecular weight excluding hydrogens is 534 g/mol. The van der Waals surface area contributed by atoms with Crippen LogP contribution in [0.4, 0.5) is 0 Å². The molecule has 0 N–H and O–H groups in total. The molecule has 0 atom stereocenters. The minimum absolute atomic E-state index is 1.33. The van der Waals surface area contributed by atoms with E-state index >= 15 is 0 Å². The molecule has 0 aliphatic heterocycles. The van der Waals surface area contributed by atoms with Crippen LogP contribution in [0.15, 0.2) is 60.7 Å². The first-order valence-electron chi connectivity index (χ1n) is 6.75. The summed E-state index contributed by atoms with van der Waals surface area (Å²) in [5, 5.41) is 0. The van der Waals surface area contributed by atoms with Gasteiger partial charge < -0.3 is 0 Å². The molecule has 4 heteroatoms. The highest BCUT2D eigenvalue weighted by Crippen LogP contribution is 2.46. The third-order valence-electron chi connectivity index (χ3n) is 3.58. The van der Waals surface area contributed by atoms with E-state index in [-0.39, 0.29) is 0 Å². The van der Waals surface area contributed by atoms with Crippen LogP contribution in [0.5, 0.6) is 0 Å². The molecule has 2 aliphatic carbocycles. The average molecular weight is 544 g/mol. The van der Waals surface area contributed by atoms with Gasteiger partial charge in [-0.2, -0.15) is 0 Å². The maximum Gasteiger partial charge on any atom is 0.0660 e. The van der Waals surface area contributed by atoms with Crippen LogP contribution in [0.1, 0.15) is 0 Å². The van der Waals surface area contributed by atoms with E-state index in [0.29, 0.717) is 0 Å². The zero-order valence-corrected chi connectivity index (χ0v) is 17.3. The van der Waals surface area contributed by atoms with E-state index in [4.69, 9.17) is 0 Å². The highest BCUT2D eigenvalue weighted by Gasteiger charge is 2.19. The summed E-state index contributed by atoms with van der Waals surface area (Å²) in [4.78, 5) is 2.69. The summed E-state index contributed by atoms with van der Waals surface area (Å²) in [6.45, 7) is 0. The number of fused-ring (bicyclic) bond motifs is 1. The van der Waals surface area contributed by atoms with Crippen molar-refractivity contribution in [3.63, 3.8) is 0 Å². The molecule has 108 valence electrons. The molecule has 2 aliphatic rings. The van der Waals surface area contributed by atoms with Gasteiger partial charge in [-0.05, 0) is 86.6 Å². The number of halogens is 2. The zero-order valence-electron chi connectivity index (χ0n) is 11.3. The van der Waals surface area contributed by atoms with Gasteiger partial charge in [0, 0.05) is 20.9 Å². The fraction of sp³-hybridized carbons (Fsp3) is 0. The van der Waals surface area contributed by atoms with Gasteiger partial charge in [0.25, 0.3) is 0 Å². The molecule has 0 aromatic carbocycles. The second-order valence-electron chi connectivity index (χ2n) is 4.92. The quantitative estimate of drug-likeness (QED) is 0.230. The SMILES string of the molecule is Ic1ccc(-c2cc(-c3ccc(I)s3)c3cccccc2-3)s1. The van der Waals surface area contributed by atoms with Crippen LogP contribution >= 0.6 is 67.9 Å². The van der Waals surface area contributed by atoms with E-state index in [9.17, 15) is 0 Å². The Kier molecular flexibility index (Phi) is 4.27. The lowest BCUT2D eigenvalue weighted by Crippen LogP contribution is -1.72. The van der Waals surface area contributed by atoms with Gasteiger partial charge in [0.15, 0.2) is 0 Å². The Hall–Kier alpha value is -0.440. The summed E-state index contributed by atoms with van der Waals surface area (Å²) >= 11 is 8.50. The van der Waals surface area contributed by atoms with Crippen molar-refractivity contribution in [2.24, 2.45) is 0 Å². The summed E-state index contributed by atoms with van der Waals surface area (Å²) in [5.41, 5.74) is 5.36. The van der Waals surface area contributed by atoms with Crippen molar-refractivity contribution in [1.82, 2.24) is 0 Å². The Morgan fingerprint density at radius 3 is 1.45 bits per heavy atom. The molecule has 2 aromatic rings. The molecule has 0 unspecified atom stereocenters. The molecule has 0 nitrogen and oxygen atoms in total. The third kappa shape index (κ3) is 2.74. The van der Waals surface area contributed by atoms with Gasteiger partial charge in [0.1, 0.15) is 0 Å². The molecule has 0 amide bonds. The average Bonchev–Trinajstić information content (AvgIpc) is 3.14. The molecule has 0 spiro atoms. The Labute approximate surface area is 164 Å². The monoisotopic (exact) mass is 544 g/mol. The first-order chi connectivity index (χ1) is 10.7. The number of thiophene rings is 2. The zero-order chi connectivity index (χ0) is 15.1. The van der Waals surface area contributed by atoms with Crippen LogP contribution < -0.4 is 0 Å².